The zero-order valence-electron chi connectivity index (χ0n) is 11.4. The van der Waals surface area contributed by atoms with Crippen LogP contribution in [0.4, 0.5) is 0 Å². The van der Waals surface area contributed by atoms with Crippen molar-refractivity contribution in [3.05, 3.63) is 47.1 Å². The lowest BCUT2D eigenvalue weighted by Gasteiger charge is -2.10. The molecule has 1 amide bonds. The Morgan fingerprint density at radius 2 is 2.29 bits per heavy atom. The minimum Gasteiger partial charge on any atom is -0.387 e. The van der Waals surface area contributed by atoms with Gasteiger partial charge in [0, 0.05) is 23.9 Å². The summed E-state index contributed by atoms with van der Waals surface area (Å²) in [5.41, 5.74) is 1.06. The summed E-state index contributed by atoms with van der Waals surface area (Å²) >= 11 is 1.58. The van der Waals surface area contributed by atoms with Crippen molar-refractivity contribution >= 4 is 27.3 Å². The van der Waals surface area contributed by atoms with Crippen LogP contribution in [0.5, 0.6) is 0 Å². The van der Waals surface area contributed by atoms with Gasteiger partial charge < -0.3 is 10.4 Å². The predicted octanol–water partition coefficient (Wildman–Crippen LogP) is 1.49. The van der Waals surface area contributed by atoms with E-state index in [2.05, 4.69) is 15.6 Å². The number of rotatable bonds is 4. The van der Waals surface area contributed by atoms with Crippen LogP contribution in [0.25, 0.3) is 10.1 Å². The minimum absolute atomic E-state index is 0.135. The van der Waals surface area contributed by atoms with Crippen LogP contribution in [-0.2, 0) is 7.05 Å². The second-order valence-corrected chi connectivity index (χ2v) is 5.60. The Hall–Kier alpha value is -2.25. The van der Waals surface area contributed by atoms with E-state index >= 15 is 0 Å². The number of aliphatic hydroxyl groups is 1. The molecule has 2 N–H and O–H groups in total. The summed E-state index contributed by atoms with van der Waals surface area (Å²) in [6, 6.07) is 7.87. The van der Waals surface area contributed by atoms with Crippen LogP contribution in [-0.4, -0.2) is 32.6 Å². The Morgan fingerprint density at radius 1 is 1.48 bits per heavy atom. The van der Waals surface area contributed by atoms with E-state index in [9.17, 15) is 9.90 Å². The van der Waals surface area contributed by atoms with Gasteiger partial charge in [0.1, 0.15) is 0 Å². The molecule has 1 atom stereocenters. The molecule has 0 unspecified atom stereocenters. The van der Waals surface area contributed by atoms with E-state index in [4.69, 9.17) is 0 Å². The lowest BCUT2D eigenvalue weighted by molar-refractivity contribution is 0.0912. The Balaban J connectivity index is 1.69. The van der Waals surface area contributed by atoms with Gasteiger partial charge in [0.05, 0.1) is 12.3 Å². The lowest BCUT2D eigenvalue weighted by atomic mass is 10.1. The molecule has 6 nitrogen and oxygen atoms in total. The molecule has 0 bridgehead atoms. The normalized spacial score (nSPS) is 12.5. The molecule has 2 heterocycles. The third-order valence-corrected chi connectivity index (χ3v) is 4.14. The highest BCUT2D eigenvalue weighted by Crippen LogP contribution is 2.29. The van der Waals surface area contributed by atoms with Gasteiger partial charge in [0.25, 0.3) is 5.91 Å². The molecule has 0 aliphatic heterocycles. The molecule has 0 aliphatic carbocycles. The molecule has 0 radical (unpaired) electrons. The first-order valence-corrected chi connectivity index (χ1v) is 7.32. The van der Waals surface area contributed by atoms with Crippen LogP contribution in [0, 0.1) is 0 Å². The van der Waals surface area contributed by atoms with Gasteiger partial charge in [-0.05, 0) is 16.8 Å². The topological polar surface area (TPSA) is 80.0 Å². The van der Waals surface area contributed by atoms with Gasteiger partial charge in [0.2, 0.25) is 0 Å². The fourth-order valence-corrected chi connectivity index (χ4v) is 3.11. The number of hydrogen-bond acceptors (Lipinski definition) is 5. The second-order valence-electron chi connectivity index (χ2n) is 4.69. The maximum absolute atomic E-state index is 11.9. The Labute approximate surface area is 125 Å². The van der Waals surface area contributed by atoms with Gasteiger partial charge in [-0.1, -0.05) is 23.4 Å². The molecule has 21 heavy (non-hydrogen) atoms. The maximum atomic E-state index is 11.9. The molecule has 0 fully saturated rings. The molecule has 0 saturated carbocycles. The fraction of sp³-hybridized carbons (Fsp3) is 0.214. The number of aliphatic hydroxyl groups excluding tert-OH is 1. The molecular formula is C14H14N4O2S. The van der Waals surface area contributed by atoms with Crippen molar-refractivity contribution in [3.63, 3.8) is 0 Å². The molecular weight excluding hydrogens is 288 g/mol. The summed E-state index contributed by atoms with van der Waals surface area (Å²) < 4.78 is 2.57. The highest BCUT2D eigenvalue weighted by molar-refractivity contribution is 7.17. The van der Waals surface area contributed by atoms with Crippen molar-refractivity contribution in [2.45, 2.75) is 6.10 Å². The van der Waals surface area contributed by atoms with E-state index in [1.165, 1.54) is 10.9 Å². The van der Waals surface area contributed by atoms with Crippen LogP contribution < -0.4 is 5.32 Å². The summed E-state index contributed by atoms with van der Waals surface area (Å²) in [6.45, 7) is 0.135. The van der Waals surface area contributed by atoms with E-state index in [0.717, 1.165) is 15.6 Å². The molecule has 2 aromatic heterocycles. The van der Waals surface area contributed by atoms with Crippen molar-refractivity contribution in [1.29, 1.82) is 0 Å². The molecule has 0 spiro atoms. The SMILES string of the molecule is Cn1cc(C(=O)NC[C@@H](O)c2csc3ccccc23)nn1. The van der Waals surface area contributed by atoms with Gasteiger partial charge >= 0.3 is 0 Å². The van der Waals surface area contributed by atoms with Crippen molar-refractivity contribution in [1.82, 2.24) is 20.3 Å². The molecule has 3 aromatic rings. The third kappa shape index (κ3) is 2.79. The zero-order chi connectivity index (χ0) is 14.8. The van der Waals surface area contributed by atoms with E-state index in [-0.39, 0.29) is 18.1 Å². The van der Waals surface area contributed by atoms with Gasteiger partial charge in [-0.3, -0.25) is 9.48 Å². The smallest absolute Gasteiger partial charge is 0.273 e. The highest BCUT2D eigenvalue weighted by atomic mass is 32.1. The number of hydrogen-bond donors (Lipinski definition) is 2. The summed E-state index contributed by atoms with van der Waals surface area (Å²) in [5.74, 6) is -0.346. The number of carbonyl (C=O) groups excluding carboxylic acids is 1. The first-order valence-electron chi connectivity index (χ1n) is 6.44. The molecule has 0 aliphatic rings. The number of aromatic nitrogens is 3. The van der Waals surface area contributed by atoms with Gasteiger partial charge in [-0.2, -0.15) is 0 Å². The van der Waals surface area contributed by atoms with Crippen molar-refractivity contribution in [3.8, 4) is 0 Å². The quantitative estimate of drug-likeness (QED) is 0.765. The van der Waals surface area contributed by atoms with Crippen LogP contribution in [0.3, 0.4) is 0 Å². The van der Waals surface area contributed by atoms with E-state index < -0.39 is 6.10 Å². The van der Waals surface area contributed by atoms with Crippen LogP contribution >= 0.6 is 11.3 Å². The van der Waals surface area contributed by atoms with E-state index in [1.807, 2.05) is 29.6 Å². The van der Waals surface area contributed by atoms with Gasteiger partial charge in [-0.15, -0.1) is 16.4 Å². The van der Waals surface area contributed by atoms with Crippen LogP contribution in [0.2, 0.25) is 0 Å². The second kappa shape index (κ2) is 5.63. The first kappa shape index (κ1) is 13.7. The van der Waals surface area contributed by atoms with Crippen LogP contribution in [0.15, 0.2) is 35.8 Å². The van der Waals surface area contributed by atoms with Crippen molar-refractivity contribution < 1.29 is 9.90 Å². The average Bonchev–Trinajstić information content (AvgIpc) is 3.10. The van der Waals surface area contributed by atoms with Crippen molar-refractivity contribution in [2.24, 2.45) is 7.05 Å². The molecule has 0 saturated heterocycles. The first-order chi connectivity index (χ1) is 10.1. The maximum Gasteiger partial charge on any atom is 0.273 e. The van der Waals surface area contributed by atoms with Crippen molar-refractivity contribution in [2.75, 3.05) is 6.54 Å². The number of aryl methyl sites for hydroxylation is 1. The number of fused-ring (bicyclic) bond motifs is 1. The number of carbonyl (C=O) groups is 1. The minimum atomic E-state index is -0.748. The summed E-state index contributed by atoms with van der Waals surface area (Å²) in [5, 5.41) is 23.3. The van der Waals surface area contributed by atoms with Gasteiger partial charge in [-0.25, -0.2) is 0 Å². The summed E-state index contributed by atoms with van der Waals surface area (Å²) in [7, 11) is 1.69. The predicted molar refractivity (Wildman–Crippen MR) is 80.1 cm³/mol. The summed E-state index contributed by atoms with van der Waals surface area (Å²) in [4.78, 5) is 11.9. The average molecular weight is 302 g/mol. The lowest BCUT2D eigenvalue weighted by Crippen LogP contribution is -2.28. The Bertz CT molecular complexity index is 780. The monoisotopic (exact) mass is 302 g/mol. The number of amides is 1. The van der Waals surface area contributed by atoms with Crippen LogP contribution in [0.1, 0.15) is 22.2 Å². The Kier molecular flexibility index (Phi) is 3.68. The molecule has 7 heteroatoms. The highest BCUT2D eigenvalue weighted by Gasteiger charge is 2.16. The number of nitrogens with zero attached hydrogens (tertiary/aromatic N) is 3. The molecule has 1 aromatic carbocycles. The summed E-state index contributed by atoms with van der Waals surface area (Å²) in [6.07, 6.45) is 0.781. The third-order valence-electron chi connectivity index (χ3n) is 3.16. The number of thiophene rings is 1. The fourth-order valence-electron chi connectivity index (χ4n) is 2.10. The zero-order valence-corrected chi connectivity index (χ0v) is 12.2. The standard InChI is InChI=1S/C14H14N4O2S/c1-18-7-11(16-17-18)14(20)15-6-12(19)10-8-21-13-5-3-2-4-9(10)13/h2-5,7-8,12,19H,6H2,1H3,(H,15,20)/t12-/m1/s1. The van der Waals surface area contributed by atoms with Gasteiger partial charge in [0.15, 0.2) is 5.69 Å². The molecule has 3 rings (SSSR count). The number of benzene rings is 1. The Morgan fingerprint density at radius 3 is 3.05 bits per heavy atom. The largest absolute Gasteiger partial charge is 0.387 e. The molecule has 108 valence electrons. The number of nitrogens with one attached hydrogen (secondary N) is 1. The van der Waals surface area contributed by atoms with E-state index in [0.29, 0.717) is 0 Å². The van der Waals surface area contributed by atoms with E-state index in [1.54, 1.807) is 18.4 Å².